The maximum absolute atomic E-state index is 12.9. The van der Waals surface area contributed by atoms with Crippen molar-refractivity contribution in [3.63, 3.8) is 0 Å². The second-order valence-electron chi connectivity index (χ2n) is 6.02. The lowest BCUT2D eigenvalue weighted by Crippen LogP contribution is -2.17. The van der Waals surface area contributed by atoms with Gasteiger partial charge in [0.25, 0.3) is 5.91 Å². The predicted octanol–water partition coefficient (Wildman–Crippen LogP) is 4.01. The number of aromatic nitrogens is 4. The molecule has 0 aliphatic heterocycles. The Kier molecular flexibility index (Phi) is 4.76. The van der Waals surface area contributed by atoms with Gasteiger partial charge in [-0.25, -0.2) is 0 Å². The zero-order valence-corrected chi connectivity index (χ0v) is 15.5. The van der Waals surface area contributed by atoms with Crippen molar-refractivity contribution in [2.45, 2.75) is 13.5 Å². The molecule has 4 aromatic rings. The van der Waals surface area contributed by atoms with Gasteiger partial charge in [0.15, 0.2) is 5.82 Å². The number of aryl methyl sites for hydroxylation is 1. The first-order valence-electron chi connectivity index (χ1n) is 8.46. The fourth-order valence-electron chi connectivity index (χ4n) is 2.58. The van der Waals surface area contributed by atoms with Gasteiger partial charge in [-0.1, -0.05) is 35.9 Å². The third-order valence-corrected chi connectivity index (χ3v) is 4.89. The number of benzene rings is 1. The number of hydrogen-bond acceptors (Lipinski definition) is 6. The largest absolute Gasteiger partial charge is 0.349 e. The van der Waals surface area contributed by atoms with Crippen LogP contribution in [0.15, 0.2) is 66.3 Å². The molecule has 27 heavy (non-hydrogen) atoms. The fourth-order valence-corrected chi connectivity index (χ4v) is 3.23. The summed E-state index contributed by atoms with van der Waals surface area (Å²) in [6.45, 7) is 2.60. The highest BCUT2D eigenvalue weighted by Crippen LogP contribution is 2.20. The van der Waals surface area contributed by atoms with Crippen LogP contribution in [0.5, 0.6) is 0 Å². The number of rotatable bonds is 5. The molecule has 0 bridgehead atoms. The number of carbonyl (C=O) groups is 1. The first kappa shape index (κ1) is 17.1. The van der Waals surface area contributed by atoms with E-state index < -0.39 is 0 Å². The van der Waals surface area contributed by atoms with Crippen molar-refractivity contribution < 1.29 is 4.79 Å². The van der Waals surface area contributed by atoms with E-state index in [0.717, 1.165) is 16.0 Å². The molecule has 0 unspecified atom stereocenters. The maximum Gasteiger partial charge on any atom is 0.282 e. The molecule has 0 saturated carbocycles. The maximum atomic E-state index is 12.9. The predicted molar refractivity (Wildman–Crippen MR) is 106 cm³/mol. The van der Waals surface area contributed by atoms with Crippen molar-refractivity contribution in [1.29, 1.82) is 0 Å². The van der Waals surface area contributed by atoms with Crippen LogP contribution in [-0.4, -0.2) is 25.7 Å². The number of hydrogen-bond donors (Lipinski definition) is 1. The van der Waals surface area contributed by atoms with E-state index in [2.05, 4.69) is 20.4 Å². The number of nitrogens with one attached hydrogen (secondary N) is 1. The van der Waals surface area contributed by atoms with E-state index >= 15 is 0 Å². The van der Waals surface area contributed by atoms with E-state index in [9.17, 15) is 4.79 Å². The van der Waals surface area contributed by atoms with E-state index in [1.54, 1.807) is 29.7 Å². The number of thiophene rings is 1. The second kappa shape index (κ2) is 7.51. The van der Waals surface area contributed by atoms with Gasteiger partial charge in [-0.05, 0) is 30.5 Å². The molecule has 0 radical (unpaired) electrons. The van der Waals surface area contributed by atoms with Crippen LogP contribution < -0.4 is 5.32 Å². The Morgan fingerprint density at radius 1 is 1.15 bits per heavy atom. The molecule has 6 nitrogen and oxygen atoms in total. The smallest absolute Gasteiger partial charge is 0.282 e. The third-order valence-electron chi connectivity index (χ3n) is 4.02. The Morgan fingerprint density at radius 3 is 2.70 bits per heavy atom. The molecular formula is C20H17N5OS. The summed E-state index contributed by atoms with van der Waals surface area (Å²) in [5.74, 6) is 0.636. The Labute approximate surface area is 160 Å². The molecule has 0 amide bonds. The van der Waals surface area contributed by atoms with Crippen LogP contribution in [0.4, 0.5) is 5.95 Å². The summed E-state index contributed by atoms with van der Waals surface area (Å²) < 4.78 is 1.31. The van der Waals surface area contributed by atoms with Crippen molar-refractivity contribution in [2.24, 2.45) is 0 Å². The van der Waals surface area contributed by atoms with E-state index in [1.165, 1.54) is 10.9 Å². The summed E-state index contributed by atoms with van der Waals surface area (Å²) in [5, 5.41) is 9.70. The summed E-state index contributed by atoms with van der Waals surface area (Å²) in [6, 6.07) is 15.4. The first-order valence-corrected chi connectivity index (χ1v) is 9.34. The van der Waals surface area contributed by atoms with Crippen molar-refractivity contribution in [3.05, 3.63) is 82.3 Å². The number of anilines is 1. The molecular weight excluding hydrogens is 358 g/mol. The Bertz CT molecular complexity index is 1040. The Hall–Kier alpha value is -3.32. The summed E-state index contributed by atoms with van der Waals surface area (Å²) in [6.07, 6.45) is 3.16. The minimum atomic E-state index is -0.275. The quantitative estimate of drug-likeness (QED) is 0.571. The minimum Gasteiger partial charge on any atom is -0.349 e. The molecule has 0 fully saturated rings. The average Bonchev–Trinajstić information content (AvgIpc) is 3.37. The van der Waals surface area contributed by atoms with Crippen molar-refractivity contribution >= 4 is 23.2 Å². The Morgan fingerprint density at radius 2 is 2.00 bits per heavy atom. The topological polar surface area (TPSA) is 72.7 Å². The zero-order valence-electron chi connectivity index (χ0n) is 14.7. The standard InChI is InChI=1S/C20H17N5OS/c1-14-6-8-15(9-7-14)18-23-20(22-13-17-5-3-11-27-17)25(24-18)19(26)16-4-2-10-21-12-16/h2-12H,13H2,1H3,(H,22,23,24). The molecule has 3 heterocycles. The van der Waals surface area contributed by atoms with Crippen LogP contribution in [-0.2, 0) is 6.54 Å². The van der Waals surface area contributed by atoms with Crippen LogP contribution in [0, 0.1) is 6.92 Å². The fraction of sp³-hybridized carbons (Fsp3) is 0.100. The van der Waals surface area contributed by atoms with Crippen LogP contribution in [0.2, 0.25) is 0 Å². The minimum absolute atomic E-state index is 0.275. The normalized spacial score (nSPS) is 10.7. The molecule has 0 atom stereocenters. The van der Waals surface area contributed by atoms with Crippen LogP contribution in [0.3, 0.4) is 0 Å². The summed E-state index contributed by atoms with van der Waals surface area (Å²) >= 11 is 1.64. The molecule has 0 spiro atoms. The van der Waals surface area contributed by atoms with E-state index in [-0.39, 0.29) is 5.91 Å². The van der Waals surface area contributed by atoms with Gasteiger partial charge in [0.2, 0.25) is 5.95 Å². The molecule has 0 aliphatic rings. The van der Waals surface area contributed by atoms with Crippen LogP contribution in [0.25, 0.3) is 11.4 Å². The summed E-state index contributed by atoms with van der Waals surface area (Å²) in [5.41, 5.74) is 2.47. The molecule has 3 aromatic heterocycles. The van der Waals surface area contributed by atoms with Gasteiger partial charge in [-0.15, -0.1) is 16.4 Å². The summed E-state index contributed by atoms with van der Waals surface area (Å²) in [7, 11) is 0. The average molecular weight is 375 g/mol. The number of nitrogens with zero attached hydrogens (tertiary/aromatic N) is 4. The summed E-state index contributed by atoms with van der Waals surface area (Å²) in [4.78, 5) is 22.6. The zero-order chi connectivity index (χ0) is 18.6. The van der Waals surface area contributed by atoms with Crippen LogP contribution >= 0.6 is 11.3 Å². The lowest BCUT2D eigenvalue weighted by molar-refractivity contribution is 0.0947. The van der Waals surface area contributed by atoms with Gasteiger partial charge in [0.1, 0.15) is 0 Å². The van der Waals surface area contributed by atoms with Crippen molar-refractivity contribution in [2.75, 3.05) is 5.32 Å². The van der Waals surface area contributed by atoms with Gasteiger partial charge in [-0.3, -0.25) is 9.78 Å². The van der Waals surface area contributed by atoms with Gasteiger partial charge < -0.3 is 5.32 Å². The lowest BCUT2D eigenvalue weighted by atomic mass is 10.1. The highest BCUT2D eigenvalue weighted by atomic mass is 32.1. The molecule has 1 N–H and O–H groups in total. The second-order valence-corrected chi connectivity index (χ2v) is 7.05. The van der Waals surface area contributed by atoms with Crippen molar-refractivity contribution in [1.82, 2.24) is 19.7 Å². The monoisotopic (exact) mass is 375 g/mol. The third kappa shape index (κ3) is 3.78. The van der Waals surface area contributed by atoms with Crippen molar-refractivity contribution in [3.8, 4) is 11.4 Å². The molecule has 134 valence electrons. The first-order chi connectivity index (χ1) is 13.2. The molecule has 7 heteroatoms. The number of pyridine rings is 1. The van der Waals surface area contributed by atoms with Gasteiger partial charge in [0.05, 0.1) is 12.1 Å². The van der Waals surface area contributed by atoms with Gasteiger partial charge in [-0.2, -0.15) is 9.67 Å². The van der Waals surface area contributed by atoms with Gasteiger partial charge >= 0.3 is 0 Å². The lowest BCUT2D eigenvalue weighted by Gasteiger charge is -2.06. The molecule has 4 rings (SSSR count). The van der Waals surface area contributed by atoms with E-state index in [4.69, 9.17) is 0 Å². The van der Waals surface area contributed by atoms with E-state index in [1.807, 2.05) is 48.7 Å². The molecule has 0 aliphatic carbocycles. The molecule has 1 aromatic carbocycles. The SMILES string of the molecule is Cc1ccc(-c2nc(NCc3cccs3)n(C(=O)c3cccnc3)n2)cc1. The van der Waals surface area contributed by atoms with E-state index in [0.29, 0.717) is 23.9 Å². The Balaban J connectivity index is 1.70. The molecule has 0 saturated heterocycles. The highest BCUT2D eigenvalue weighted by Gasteiger charge is 2.19. The van der Waals surface area contributed by atoms with Gasteiger partial charge in [0, 0.05) is 22.8 Å². The van der Waals surface area contributed by atoms with Crippen LogP contribution in [0.1, 0.15) is 20.8 Å². The highest BCUT2D eigenvalue weighted by molar-refractivity contribution is 7.09. The number of carbonyl (C=O) groups excluding carboxylic acids is 1.